The number of nitrogens with zero attached hydrogens (tertiary/aromatic N) is 2. The summed E-state index contributed by atoms with van der Waals surface area (Å²) < 4.78 is 10.7. The molecule has 0 unspecified atom stereocenters. The van der Waals surface area contributed by atoms with Gasteiger partial charge in [-0.2, -0.15) is 0 Å². The summed E-state index contributed by atoms with van der Waals surface area (Å²) in [6.45, 7) is 0. The number of rotatable bonds is 3. The number of aromatic nitrogens is 1. The third kappa shape index (κ3) is 3.07. The van der Waals surface area contributed by atoms with Gasteiger partial charge in [0, 0.05) is 24.9 Å². The van der Waals surface area contributed by atoms with Crippen molar-refractivity contribution in [1.29, 1.82) is 0 Å². The van der Waals surface area contributed by atoms with Crippen molar-refractivity contribution in [3.63, 3.8) is 0 Å². The lowest BCUT2D eigenvalue weighted by Crippen LogP contribution is -1.94. The van der Waals surface area contributed by atoms with Crippen LogP contribution in [0.1, 0.15) is 6.42 Å². The lowest BCUT2D eigenvalue weighted by Gasteiger charge is -2.05. The molecule has 1 aliphatic heterocycles. The van der Waals surface area contributed by atoms with E-state index in [0.29, 0.717) is 28.8 Å². The summed E-state index contributed by atoms with van der Waals surface area (Å²) in [5, 5.41) is 0.598. The SMILES string of the molecule is COC1=C(Cl)CC=NC(Oc2cccnc2)=C1. The van der Waals surface area contributed by atoms with Crippen LogP contribution in [0.5, 0.6) is 5.75 Å². The Balaban J connectivity index is 2.21. The van der Waals surface area contributed by atoms with Gasteiger partial charge in [-0.25, -0.2) is 4.99 Å². The van der Waals surface area contributed by atoms with E-state index in [1.165, 1.54) is 0 Å². The van der Waals surface area contributed by atoms with Crippen molar-refractivity contribution in [3.8, 4) is 5.75 Å². The Labute approximate surface area is 104 Å². The van der Waals surface area contributed by atoms with Gasteiger partial charge in [-0.05, 0) is 12.1 Å². The highest BCUT2D eigenvalue weighted by Gasteiger charge is 2.09. The number of halogens is 1. The number of allylic oxidation sites excluding steroid dienone is 2. The molecule has 0 amide bonds. The van der Waals surface area contributed by atoms with Crippen molar-refractivity contribution in [2.75, 3.05) is 7.11 Å². The monoisotopic (exact) mass is 250 g/mol. The predicted molar refractivity (Wildman–Crippen MR) is 65.9 cm³/mol. The number of hydrogen-bond acceptors (Lipinski definition) is 4. The molecule has 0 radical (unpaired) electrons. The third-order valence-electron chi connectivity index (χ3n) is 2.09. The van der Waals surface area contributed by atoms with E-state index in [2.05, 4.69) is 9.98 Å². The Morgan fingerprint density at radius 3 is 3.00 bits per heavy atom. The second kappa shape index (κ2) is 5.50. The maximum atomic E-state index is 6.01. The minimum absolute atomic E-state index is 0.422. The molecule has 0 fully saturated rings. The average molecular weight is 251 g/mol. The third-order valence-corrected chi connectivity index (χ3v) is 2.43. The van der Waals surface area contributed by atoms with Crippen molar-refractivity contribution >= 4 is 17.8 Å². The van der Waals surface area contributed by atoms with Gasteiger partial charge in [-0.15, -0.1) is 0 Å². The molecule has 0 atom stereocenters. The molecule has 2 heterocycles. The van der Waals surface area contributed by atoms with Crippen LogP contribution >= 0.6 is 11.6 Å². The van der Waals surface area contributed by atoms with Gasteiger partial charge < -0.3 is 9.47 Å². The Kier molecular flexibility index (Phi) is 3.77. The highest BCUT2D eigenvalue weighted by Crippen LogP contribution is 2.21. The molecular weight excluding hydrogens is 240 g/mol. The normalized spacial score (nSPS) is 15.3. The fourth-order valence-electron chi connectivity index (χ4n) is 1.30. The van der Waals surface area contributed by atoms with E-state index in [1.807, 2.05) is 0 Å². The fourth-order valence-corrected chi connectivity index (χ4v) is 1.50. The molecule has 0 bridgehead atoms. The molecule has 0 N–H and O–H groups in total. The molecule has 4 nitrogen and oxygen atoms in total. The summed E-state index contributed by atoms with van der Waals surface area (Å²) in [4.78, 5) is 8.10. The van der Waals surface area contributed by atoms with Gasteiger partial charge in [0.1, 0.15) is 11.5 Å². The van der Waals surface area contributed by atoms with E-state index in [4.69, 9.17) is 21.1 Å². The molecular formula is C12H11ClN2O2. The van der Waals surface area contributed by atoms with Crippen molar-refractivity contribution < 1.29 is 9.47 Å². The van der Waals surface area contributed by atoms with Crippen LogP contribution < -0.4 is 4.74 Å². The van der Waals surface area contributed by atoms with E-state index in [9.17, 15) is 0 Å². The first-order valence-electron chi connectivity index (χ1n) is 5.04. The number of pyridine rings is 1. The highest BCUT2D eigenvalue weighted by molar-refractivity contribution is 6.31. The zero-order chi connectivity index (χ0) is 12.1. The smallest absolute Gasteiger partial charge is 0.222 e. The summed E-state index contributed by atoms with van der Waals surface area (Å²) in [6, 6.07) is 3.59. The minimum Gasteiger partial charge on any atom is -0.495 e. The first-order valence-corrected chi connectivity index (χ1v) is 5.42. The van der Waals surface area contributed by atoms with Gasteiger partial charge in [0.15, 0.2) is 0 Å². The van der Waals surface area contributed by atoms with Gasteiger partial charge in [0.2, 0.25) is 5.88 Å². The molecule has 2 rings (SSSR count). The predicted octanol–water partition coefficient (Wildman–Crippen LogP) is 2.87. The Hall–Kier alpha value is -1.81. The van der Waals surface area contributed by atoms with Crippen LogP contribution in [0.2, 0.25) is 0 Å². The van der Waals surface area contributed by atoms with Gasteiger partial charge in [0.05, 0.1) is 18.3 Å². The molecule has 0 saturated heterocycles. The van der Waals surface area contributed by atoms with Crippen molar-refractivity contribution in [1.82, 2.24) is 4.98 Å². The first kappa shape index (κ1) is 11.7. The van der Waals surface area contributed by atoms with Crippen molar-refractivity contribution in [2.24, 2.45) is 4.99 Å². The Morgan fingerprint density at radius 2 is 2.29 bits per heavy atom. The Bertz CT molecular complexity index is 481. The van der Waals surface area contributed by atoms with Crippen LogP contribution in [-0.2, 0) is 4.74 Å². The van der Waals surface area contributed by atoms with E-state index < -0.39 is 0 Å². The minimum atomic E-state index is 0.422. The number of hydrogen-bond donors (Lipinski definition) is 0. The average Bonchev–Trinajstić information content (AvgIpc) is 2.52. The molecule has 5 heteroatoms. The standard InChI is InChI=1S/C12H11ClN2O2/c1-16-11-7-12(15-6-4-10(11)13)17-9-3-2-5-14-8-9/h2-3,5-8H,4H2,1H3. The summed E-state index contributed by atoms with van der Waals surface area (Å²) in [5.74, 6) is 1.60. The quantitative estimate of drug-likeness (QED) is 0.829. The molecule has 1 aliphatic rings. The van der Waals surface area contributed by atoms with E-state index in [1.54, 1.807) is 43.9 Å². The highest BCUT2D eigenvalue weighted by atomic mass is 35.5. The lowest BCUT2D eigenvalue weighted by molar-refractivity contribution is 0.300. The van der Waals surface area contributed by atoms with Gasteiger partial charge in [-0.3, -0.25) is 4.98 Å². The topological polar surface area (TPSA) is 43.7 Å². The van der Waals surface area contributed by atoms with Crippen LogP contribution in [0.15, 0.2) is 52.3 Å². The maximum absolute atomic E-state index is 6.01. The second-order valence-corrected chi connectivity index (χ2v) is 3.72. The van der Waals surface area contributed by atoms with Gasteiger partial charge in [0.25, 0.3) is 0 Å². The molecule has 0 saturated carbocycles. The number of methoxy groups -OCH3 is 1. The van der Waals surface area contributed by atoms with Crippen molar-refractivity contribution in [3.05, 3.63) is 47.3 Å². The molecule has 0 aliphatic carbocycles. The Morgan fingerprint density at radius 1 is 1.41 bits per heavy atom. The largest absolute Gasteiger partial charge is 0.495 e. The molecule has 17 heavy (non-hydrogen) atoms. The van der Waals surface area contributed by atoms with Crippen molar-refractivity contribution in [2.45, 2.75) is 6.42 Å². The van der Waals surface area contributed by atoms with Crippen LogP contribution in [0, 0.1) is 0 Å². The number of aliphatic imine (C=N–C) groups is 1. The van der Waals surface area contributed by atoms with E-state index in [0.717, 1.165) is 0 Å². The molecule has 88 valence electrons. The zero-order valence-corrected chi connectivity index (χ0v) is 10.0. The fraction of sp³-hybridized carbons (Fsp3) is 0.167. The van der Waals surface area contributed by atoms with E-state index >= 15 is 0 Å². The van der Waals surface area contributed by atoms with E-state index in [-0.39, 0.29) is 0 Å². The molecule has 1 aromatic rings. The van der Waals surface area contributed by atoms with Gasteiger partial charge in [-0.1, -0.05) is 11.6 Å². The summed E-state index contributed by atoms with van der Waals surface area (Å²) >= 11 is 6.01. The first-order chi connectivity index (χ1) is 8.29. The van der Waals surface area contributed by atoms with Crippen LogP contribution in [0.4, 0.5) is 0 Å². The second-order valence-electron chi connectivity index (χ2n) is 3.26. The molecule has 1 aromatic heterocycles. The number of ether oxygens (including phenoxy) is 2. The summed E-state index contributed by atoms with van der Waals surface area (Å²) in [6.07, 6.45) is 7.14. The summed E-state index contributed by atoms with van der Waals surface area (Å²) in [7, 11) is 1.56. The lowest BCUT2D eigenvalue weighted by atomic mass is 10.3. The van der Waals surface area contributed by atoms with Crippen LogP contribution in [-0.4, -0.2) is 18.3 Å². The van der Waals surface area contributed by atoms with Crippen LogP contribution in [0.3, 0.4) is 0 Å². The molecule has 0 spiro atoms. The van der Waals surface area contributed by atoms with Gasteiger partial charge >= 0.3 is 0 Å². The zero-order valence-electron chi connectivity index (χ0n) is 9.26. The van der Waals surface area contributed by atoms with Crippen LogP contribution in [0.25, 0.3) is 0 Å². The molecule has 0 aromatic carbocycles. The summed E-state index contributed by atoms with van der Waals surface area (Å²) in [5.41, 5.74) is 0. The maximum Gasteiger partial charge on any atom is 0.222 e.